The number of para-hydroxylation sites is 1. The average Bonchev–Trinajstić information content (AvgIpc) is 3.32. The Balaban J connectivity index is 1.64. The molecule has 0 fully saturated rings. The van der Waals surface area contributed by atoms with Crippen LogP contribution in [0.5, 0.6) is 0 Å². The van der Waals surface area contributed by atoms with Crippen LogP contribution in [0.1, 0.15) is 26.2 Å². The van der Waals surface area contributed by atoms with Crippen molar-refractivity contribution in [2.45, 2.75) is 41.4 Å². The predicted octanol–water partition coefficient (Wildman–Crippen LogP) is 6.32. The second-order valence-electron chi connectivity index (χ2n) is 7.90. The Hall–Kier alpha value is -2.55. The lowest BCUT2D eigenvalue weighted by atomic mass is 10.1. The van der Waals surface area contributed by atoms with E-state index in [0.717, 1.165) is 38.2 Å². The molecule has 6 nitrogen and oxygen atoms in total. The summed E-state index contributed by atoms with van der Waals surface area (Å²) >= 11 is 9.55. The van der Waals surface area contributed by atoms with Crippen molar-refractivity contribution >= 4 is 58.4 Å². The van der Waals surface area contributed by atoms with E-state index >= 15 is 0 Å². The number of carbonyl (C=O) groups is 2. The number of fused-ring (bicyclic) bond motifs is 2. The SMILES string of the molecule is CCC(/C=C1\Sc2ccccc2N1CCC(=O)O)=C\C1Sc2ccc(Cl)cc2N1CCC(=O)O. The van der Waals surface area contributed by atoms with Gasteiger partial charge in [0.2, 0.25) is 0 Å². The molecule has 0 radical (unpaired) electrons. The van der Waals surface area contributed by atoms with Gasteiger partial charge < -0.3 is 20.0 Å². The summed E-state index contributed by atoms with van der Waals surface area (Å²) in [6, 6.07) is 13.7. The highest BCUT2D eigenvalue weighted by Crippen LogP contribution is 2.48. The minimum atomic E-state index is -0.838. The van der Waals surface area contributed by atoms with Gasteiger partial charge in [0.15, 0.2) is 0 Å². The maximum absolute atomic E-state index is 11.3. The molecular formula is C25H25ClN2O4S2. The number of nitrogens with zero attached hydrogens (tertiary/aromatic N) is 2. The Labute approximate surface area is 212 Å². The van der Waals surface area contributed by atoms with Crippen molar-refractivity contribution in [3.63, 3.8) is 0 Å². The van der Waals surface area contributed by atoms with Gasteiger partial charge >= 0.3 is 11.9 Å². The number of rotatable bonds is 9. The summed E-state index contributed by atoms with van der Waals surface area (Å²) in [7, 11) is 0. The van der Waals surface area contributed by atoms with E-state index in [-0.39, 0.29) is 18.2 Å². The smallest absolute Gasteiger partial charge is 0.305 e. The molecule has 34 heavy (non-hydrogen) atoms. The zero-order chi connectivity index (χ0) is 24.2. The van der Waals surface area contributed by atoms with Gasteiger partial charge in [0.1, 0.15) is 0 Å². The molecule has 2 N–H and O–H groups in total. The highest BCUT2D eigenvalue weighted by atomic mass is 35.5. The average molecular weight is 517 g/mol. The van der Waals surface area contributed by atoms with Gasteiger partial charge in [0.25, 0.3) is 0 Å². The third-order valence-electron chi connectivity index (χ3n) is 5.61. The summed E-state index contributed by atoms with van der Waals surface area (Å²) in [5, 5.41) is 20.0. The van der Waals surface area contributed by atoms with Crippen LogP contribution in [0, 0.1) is 0 Å². The molecule has 0 aromatic heterocycles. The van der Waals surface area contributed by atoms with E-state index in [0.29, 0.717) is 18.1 Å². The third-order valence-corrected chi connectivity index (χ3v) is 8.19. The summed E-state index contributed by atoms with van der Waals surface area (Å²) in [4.78, 5) is 28.8. The summed E-state index contributed by atoms with van der Waals surface area (Å²) < 4.78 is 0. The molecular weight excluding hydrogens is 492 g/mol. The van der Waals surface area contributed by atoms with Crippen molar-refractivity contribution in [2.24, 2.45) is 0 Å². The minimum absolute atomic E-state index is 0.0352. The Morgan fingerprint density at radius 1 is 1.03 bits per heavy atom. The molecule has 0 aliphatic carbocycles. The molecule has 9 heteroatoms. The first-order valence-electron chi connectivity index (χ1n) is 11.0. The number of carboxylic acid groups (broad SMARTS) is 2. The second-order valence-corrected chi connectivity index (χ2v) is 10.6. The van der Waals surface area contributed by atoms with Crippen LogP contribution >= 0.6 is 35.1 Å². The zero-order valence-electron chi connectivity index (χ0n) is 18.6. The van der Waals surface area contributed by atoms with Gasteiger partial charge in [0, 0.05) is 27.9 Å². The number of thioether (sulfide) groups is 2. The molecule has 2 heterocycles. The van der Waals surface area contributed by atoms with E-state index in [4.69, 9.17) is 11.6 Å². The van der Waals surface area contributed by atoms with Crippen molar-refractivity contribution in [3.8, 4) is 0 Å². The normalized spacial score (nSPS) is 18.4. The number of hydrogen-bond donors (Lipinski definition) is 2. The van der Waals surface area contributed by atoms with E-state index in [1.54, 1.807) is 23.5 Å². The first kappa shape index (κ1) is 24.6. The van der Waals surface area contributed by atoms with Crippen molar-refractivity contribution in [1.82, 2.24) is 0 Å². The molecule has 2 aromatic carbocycles. The lowest BCUT2D eigenvalue weighted by Gasteiger charge is -2.25. The third kappa shape index (κ3) is 5.56. The van der Waals surface area contributed by atoms with Crippen LogP contribution in [0.4, 0.5) is 11.4 Å². The van der Waals surface area contributed by atoms with Gasteiger partial charge in [-0.15, -0.1) is 0 Å². The topological polar surface area (TPSA) is 81.1 Å². The second kappa shape index (κ2) is 10.8. The summed E-state index contributed by atoms with van der Waals surface area (Å²) in [5.41, 5.74) is 3.08. The van der Waals surface area contributed by atoms with Gasteiger partial charge in [-0.25, -0.2) is 0 Å². The number of carboxylic acids is 2. The first-order valence-corrected chi connectivity index (χ1v) is 13.1. The number of hydrogen-bond acceptors (Lipinski definition) is 6. The predicted molar refractivity (Wildman–Crippen MR) is 139 cm³/mol. The lowest BCUT2D eigenvalue weighted by Crippen LogP contribution is -2.30. The van der Waals surface area contributed by atoms with Crippen LogP contribution in [0.2, 0.25) is 5.02 Å². The molecule has 0 saturated carbocycles. The standard InChI is InChI=1S/C25H25ClN2O4S2/c1-2-16(13-22-27(11-9-24(29)30)18-5-3-4-6-20(18)33-22)14-23-28(12-10-25(31)32)19-15-17(26)7-8-21(19)34-23/h3-8,13-15,23H,2,9-12H2,1H3,(H,29,30)(H,31,32)/b16-14+,22-13-. The van der Waals surface area contributed by atoms with Gasteiger partial charge in [-0.05, 0) is 54.5 Å². The van der Waals surface area contributed by atoms with E-state index in [1.807, 2.05) is 42.5 Å². The highest BCUT2D eigenvalue weighted by Gasteiger charge is 2.30. The fraction of sp³-hybridized carbons (Fsp3) is 0.280. The fourth-order valence-electron chi connectivity index (χ4n) is 3.94. The quantitative estimate of drug-likeness (QED) is 0.401. The van der Waals surface area contributed by atoms with Crippen LogP contribution < -0.4 is 9.80 Å². The molecule has 1 atom stereocenters. The molecule has 2 aliphatic rings. The van der Waals surface area contributed by atoms with Crippen molar-refractivity contribution in [1.29, 1.82) is 0 Å². The Morgan fingerprint density at radius 3 is 2.50 bits per heavy atom. The Morgan fingerprint density at radius 2 is 1.76 bits per heavy atom. The zero-order valence-corrected chi connectivity index (χ0v) is 21.0. The monoisotopic (exact) mass is 516 g/mol. The van der Waals surface area contributed by atoms with E-state index < -0.39 is 11.9 Å². The summed E-state index contributed by atoms with van der Waals surface area (Å²) in [6.07, 6.45) is 5.17. The van der Waals surface area contributed by atoms with Crippen LogP contribution in [0.15, 0.2) is 75.0 Å². The lowest BCUT2D eigenvalue weighted by molar-refractivity contribution is -0.137. The van der Waals surface area contributed by atoms with E-state index in [1.165, 1.54) is 0 Å². The Bertz CT molecular complexity index is 1170. The summed E-state index contributed by atoms with van der Waals surface area (Å²) in [5.74, 6) is -1.66. The first-order chi connectivity index (χ1) is 16.4. The number of aliphatic carboxylic acids is 2. The highest BCUT2D eigenvalue weighted by molar-refractivity contribution is 8.03. The maximum Gasteiger partial charge on any atom is 0.305 e. The van der Waals surface area contributed by atoms with Gasteiger partial charge in [-0.2, -0.15) is 0 Å². The molecule has 2 aliphatic heterocycles. The minimum Gasteiger partial charge on any atom is -0.481 e. The van der Waals surface area contributed by atoms with Crippen LogP contribution in [-0.2, 0) is 9.59 Å². The van der Waals surface area contributed by atoms with E-state index in [2.05, 4.69) is 28.9 Å². The van der Waals surface area contributed by atoms with Crippen LogP contribution in [0.25, 0.3) is 0 Å². The molecule has 1 unspecified atom stereocenters. The molecule has 4 rings (SSSR count). The number of halogens is 1. The fourth-order valence-corrected chi connectivity index (χ4v) is 6.57. The summed E-state index contributed by atoms with van der Waals surface area (Å²) in [6.45, 7) is 2.87. The van der Waals surface area contributed by atoms with Gasteiger partial charge in [0.05, 0.1) is 34.6 Å². The molecule has 2 aromatic rings. The number of benzene rings is 2. The molecule has 0 saturated heterocycles. The van der Waals surface area contributed by atoms with Crippen LogP contribution in [-0.4, -0.2) is 40.6 Å². The number of allylic oxidation sites excluding steroid dienone is 2. The largest absolute Gasteiger partial charge is 0.481 e. The molecule has 0 amide bonds. The van der Waals surface area contributed by atoms with Crippen molar-refractivity contribution in [2.75, 3.05) is 22.9 Å². The van der Waals surface area contributed by atoms with Crippen LogP contribution in [0.3, 0.4) is 0 Å². The maximum atomic E-state index is 11.3. The van der Waals surface area contributed by atoms with Gasteiger partial charge in [-0.1, -0.05) is 54.2 Å². The Kier molecular flexibility index (Phi) is 7.80. The van der Waals surface area contributed by atoms with Crippen molar-refractivity contribution in [3.05, 3.63) is 70.2 Å². The van der Waals surface area contributed by atoms with E-state index in [9.17, 15) is 19.8 Å². The number of anilines is 2. The van der Waals surface area contributed by atoms with Crippen molar-refractivity contribution < 1.29 is 19.8 Å². The molecule has 178 valence electrons. The van der Waals surface area contributed by atoms with Gasteiger partial charge in [-0.3, -0.25) is 9.59 Å². The molecule has 0 bridgehead atoms. The molecule has 0 spiro atoms.